The van der Waals surface area contributed by atoms with E-state index in [0.717, 1.165) is 16.6 Å². The van der Waals surface area contributed by atoms with Crippen molar-refractivity contribution in [3.63, 3.8) is 0 Å². The summed E-state index contributed by atoms with van der Waals surface area (Å²) in [6.45, 7) is 1.02. The molecule has 0 bridgehead atoms. The van der Waals surface area contributed by atoms with Crippen LogP contribution in [-0.4, -0.2) is 35.5 Å². The fourth-order valence-corrected chi connectivity index (χ4v) is 5.26. The molecule has 3 aromatic rings. The van der Waals surface area contributed by atoms with Gasteiger partial charge in [0.05, 0.1) is 21.5 Å². The zero-order valence-electron chi connectivity index (χ0n) is 18.0. The van der Waals surface area contributed by atoms with Crippen LogP contribution in [0.1, 0.15) is 18.5 Å². The van der Waals surface area contributed by atoms with Gasteiger partial charge in [0.15, 0.2) is 9.84 Å². The predicted octanol–water partition coefficient (Wildman–Crippen LogP) is 3.30. The van der Waals surface area contributed by atoms with Crippen LogP contribution in [0.15, 0.2) is 88.7 Å². The van der Waals surface area contributed by atoms with Crippen molar-refractivity contribution in [3.8, 4) is 0 Å². The summed E-state index contributed by atoms with van der Waals surface area (Å²) in [5, 5.41) is 2.68. The summed E-state index contributed by atoms with van der Waals surface area (Å²) >= 11 is 0. The van der Waals surface area contributed by atoms with Gasteiger partial charge in [0.1, 0.15) is 12.4 Å². The van der Waals surface area contributed by atoms with E-state index in [1.54, 1.807) is 25.1 Å². The zero-order valence-corrected chi connectivity index (χ0v) is 19.6. The van der Waals surface area contributed by atoms with Gasteiger partial charge in [-0.3, -0.25) is 9.10 Å². The largest absolute Gasteiger partial charge is 0.348 e. The number of sulfone groups is 1. The maximum atomic E-state index is 14.5. The van der Waals surface area contributed by atoms with Crippen molar-refractivity contribution in [1.29, 1.82) is 0 Å². The molecule has 0 aliphatic heterocycles. The third kappa shape index (κ3) is 5.77. The Bertz CT molecular complexity index is 1340. The summed E-state index contributed by atoms with van der Waals surface area (Å²) in [6, 6.07) is 18.2. The minimum absolute atomic E-state index is 0.0783. The topological polar surface area (TPSA) is 101 Å². The molecule has 0 unspecified atom stereocenters. The molecule has 0 radical (unpaired) electrons. The molecule has 3 rings (SSSR count). The highest BCUT2D eigenvalue weighted by molar-refractivity contribution is 7.93. The summed E-state index contributed by atoms with van der Waals surface area (Å²) in [5.41, 5.74) is 0.376. The Morgan fingerprint density at radius 3 is 2.03 bits per heavy atom. The lowest BCUT2D eigenvalue weighted by atomic mass is 10.1. The van der Waals surface area contributed by atoms with Gasteiger partial charge in [-0.1, -0.05) is 42.5 Å². The highest BCUT2D eigenvalue weighted by Crippen LogP contribution is 2.26. The van der Waals surface area contributed by atoms with Gasteiger partial charge >= 0.3 is 0 Å². The van der Waals surface area contributed by atoms with Gasteiger partial charge in [-0.05, 0) is 48.9 Å². The number of nitrogens with one attached hydrogen (secondary N) is 1. The Labute approximate surface area is 192 Å². The maximum absolute atomic E-state index is 14.5. The van der Waals surface area contributed by atoms with Crippen molar-refractivity contribution in [3.05, 3.63) is 90.2 Å². The van der Waals surface area contributed by atoms with Crippen LogP contribution in [-0.2, 0) is 24.7 Å². The van der Waals surface area contributed by atoms with Crippen LogP contribution >= 0.6 is 0 Å². The van der Waals surface area contributed by atoms with Crippen molar-refractivity contribution in [2.75, 3.05) is 17.1 Å². The van der Waals surface area contributed by atoms with Gasteiger partial charge in [-0.25, -0.2) is 21.2 Å². The lowest BCUT2D eigenvalue weighted by molar-refractivity contribution is -0.120. The summed E-state index contributed by atoms with van der Waals surface area (Å²) < 4.78 is 64.9. The van der Waals surface area contributed by atoms with Gasteiger partial charge in [-0.2, -0.15) is 0 Å². The standard InChI is InChI=1S/C23H23FN2O5S2/c1-17(18-12-14-19(15-13-18)32(2,28)29)25-23(27)16-26(22-11-7-6-10-21(22)24)33(30,31)20-8-4-3-5-9-20/h3-15,17H,16H2,1-2H3,(H,25,27)/t17-/m0/s1. The Kier molecular flexibility index (Phi) is 7.19. The first kappa shape index (κ1) is 24.4. The molecule has 0 heterocycles. The summed E-state index contributed by atoms with van der Waals surface area (Å²) in [7, 11) is -7.59. The lowest BCUT2D eigenvalue weighted by Gasteiger charge is -2.25. The molecule has 3 aromatic carbocycles. The SMILES string of the molecule is C[C@H](NC(=O)CN(c1ccccc1F)S(=O)(=O)c1ccccc1)c1ccc(S(C)(=O)=O)cc1. The molecule has 0 spiro atoms. The zero-order chi connectivity index (χ0) is 24.2. The number of halogens is 1. The molecule has 0 aliphatic rings. The van der Waals surface area contributed by atoms with E-state index in [9.17, 15) is 26.0 Å². The number of nitrogens with zero attached hydrogens (tertiary/aromatic N) is 1. The van der Waals surface area contributed by atoms with Gasteiger partial charge < -0.3 is 5.32 Å². The number of anilines is 1. The smallest absolute Gasteiger partial charge is 0.264 e. The second-order valence-electron chi connectivity index (χ2n) is 7.41. The van der Waals surface area contributed by atoms with Crippen molar-refractivity contribution in [2.24, 2.45) is 0 Å². The van der Waals surface area contributed by atoms with E-state index in [1.807, 2.05) is 0 Å². The number of sulfonamides is 1. The Morgan fingerprint density at radius 2 is 1.45 bits per heavy atom. The third-order valence-electron chi connectivity index (χ3n) is 4.93. The number of carbonyl (C=O) groups excluding carboxylic acids is 1. The second-order valence-corrected chi connectivity index (χ2v) is 11.3. The van der Waals surface area contributed by atoms with E-state index in [2.05, 4.69) is 5.32 Å². The summed E-state index contributed by atoms with van der Waals surface area (Å²) in [5.74, 6) is -1.44. The first-order chi connectivity index (χ1) is 15.5. The molecule has 1 N–H and O–H groups in total. The van der Waals surface area contributed by atoms with Crippen LogP contribution in [0.4, 0.5) is 10.1 Å². The molecule has 1 amide bonds. The molecule has 0 aliphatic carbocycles. The van der Waals surface area contributed by atoms with Gasteiger partial charge in [0.25, 0.3) is 10.0 Å². The highest BCUT2D eigenvalue weighted by Gasteiger charge is 2.29. The van der Waals surface area contributed by atoms with Crippen LogP contribution in [0, 0.1) is 5.82 Å². The van der Waals surface area contributed by atoms with Crippen LogP contribution in [0.25, 0.3) is 0 Å². The maximum Gasteiger partial charge on any atom is 0.264 e. The summed E-state index contributed by atoms with van der Waals surface area (Å²) in [4.78, 5) is 12.9. The van der Waals surface area contributed by atoms with E-state index >= 15 is 0 Å². The van der Waals surface area contributed by atoms with Crippen molar-refractivity contribution in [2.45, 2.75) is 22.8 Å². The van der Waals surface area contributed by atoms with E-state index in [4.69, 9.17) is 0 Å². The van der Waals surface area contributed by atoms with Crippen LogP contribution < -0.4 is 9.62 Å². The third-order valence-corrected chi connectivity index (χ3v) is 7.83. The molecular weight excluding hydrogens is 467 g/mol. The molecule has 0 saturated heterocycles. The fraction of sp³-hybridized carbons (Fsp3) is 0.174. The van der Waals surface area contributed by atoms with Crippen LogP contribution in [0.3, 0.4) is 0 Å². The van der Waals surface area contributed by atoms with Crippen molar-refractivity contribution in [1.82, 2.24) is 5.32 Å². The van der Waals surface area contributed by atoms with Gasteiger partial charge in [0.2, 0.25) is 5.91 Å². The Morgan fingerprint density at radius 1 is 0.879 bits per heavy atom. The van der Waals surface area contributed by atoms with Gasteiger partial charge in [-0.15, -0.1) is 0 Å². The predicted molar refractivity (Wildman–Crippen MR) is 123 cm³/mol. The molecule has 174 valence electrons. The van der Waals surface area contributed by atoms with E-state index in [0.29, 0.717) is 5.56 Å². The number of benzene rings is 3. The second kappa shape index (κ2) is 9.72. The molecule has 0 aromatic heterocycles. The number of amides is 1. The number of rotatable bonds is 8. The first-order valence-corrected chi connectivity index (χ1v) is 13.2. The van der Waals surface area contributed by atoms with E-state index in [1.165, 1.54) is 54.6 Å². The minimum atomic E-state index is -4.23. The van der Waals surface area contributed by atoms with Crippen molar-refractivity contribution >= 4 is 31.5 Å². The van der Waals surface area contributed by atoms with E-state index in [-0.39, 0.29) is 15.5 Å². The molecule has 1 atom stereocenters. The molecule has 0 fully saturated rings. The van der Waals surface area contributed by atoms with Crippen LogP contribution in [0.2, 0.25) is 0 Å². The van der Waals surface area contributed by atoms with E-state index < -0.39 is 44.2 Å². The average molecular weight is 491 g/mol. The lowest BCUT2D eigenvalue weighted by Crippen LogP contribution is -2.42. The molecule has 7 nitrogen and oxygen atoms in total. The number of carbonyl (C=O) groups is 1. The van der Waals surface area contributed by atoms with Crippen molar-refractivity contribution < 1.29 is 26.0 Å². The number of hydrogen-bond acceptors (Lipinski definition) is 5. The molecule has 33 heavy (non-hydrogen) atoms. The summed E-state index contributed by atoms with van der Waals surface area (Å²) in [6.07, 6.45) is 1.09. The normalized spacial score (nSPS) is 12.7. The quantitative estimate of drug-likeness (QED) is 0.522. The Balaban J connectivity index is 1.86. The first-order valence-electron chi connectivity index (χ1n) is 9.92. The number of hydrogen-bond donors (Lipinski definition) is 1. The monoisotopic (exact) mass is 490 g/mol. The van der Waals surface area contributed by atoms with Gasteiger partial charge in [0, 0.05) is 6.26 Å². The fourth-order valence-electron chi connectivity index (χ4n) is 3.18. The van der Waals surface area contributed by atoms with Crippen LogP contribution in [0.5, 0.6) is 0 Å². The molecule has 10 heteroatoms. The average Bonchev–Trinajstić information content (AvgIpc) is 2.78. The molecular formula is C23H23FN2O5S2. The number of para-hydroxylation sites is 1. The molecule has 0 saturated carbocycles. The Hall–Kier alpha value is -3.24. The minimum Gasteiger partial charge on any atom is -0.348 e. The highest BCUT2D eigenvalue weighted by atomic mass is 32.2.